The maximum atomic E-state index is 11.2. The summed E-state index contributed by atoms with van der Waals surface area (Å²) >= 11 is 6.22. The summed E-state index contributed by atoms with van der Waals surface area (Å²) in [6, 6.07) is 14.6. The fourth-order valence-electron chi connectivity index (χ4n) is 3.54. The highest BCUT2D eigenvalue weighted by atomic mass is 35.5. The molecule has 4 rings (SSSR count). The predicted octanol–water partition coefficient (Wildman–Crippen LogP) is 4.00. The van der Waals surface area contributed by atoms with Crippen LogP contribution in [0.3, 0.4) is 0 Å². The quantitative estimate of drug-likeness (QED) is 0.607. The lowest BCUT2D eigenvalue weighted by Crippen LogP contribution is -2.22. The molecule has 0 aliphatic carbocycles. The van der Waals surface area contributed by atoms with Gasteiger partial charge >= 0.3 is 0 Å². The Morgan fingerprint density at radius 1 is 1.26 bits per heavy atom. The van der Waals surface area contributed by atoms with Crippen molar-refractivity contribution in [2.24, 2.45) is 0 Å². The van der Waals surface area contributed by atoms with Crippen molar-refractivity contribution in [1.82, 2.24) is 9.88 Å². The molecule has 0 spiro atoms. The van der Waals surface area contributed by atoms with Crippen LogP contribution in [0.1, 0.15) is 18.1 Å². The van der Waals surface area contributed by atoms with Crippen molar-refractivity contribution in [3.8, 4) is 11.3 Å². The number of hydrogen-bond donors (Lipinski definition) is 1. The Morgan fingerprint density at radius 3 is 2.91 bits per heavy atom. The number of halogens is 1. The average molecular weight is 325 g/mol. The third-order valence-corrected chi connectivity index (χ3v) is 4.72. The van der Waals surface area contributed by atoms with Crippen LogP contribution in [-0.2, 0) is 17.8 Å². The molecular formula is C19H17ClN2O. The van der Waals surface area contributed by atoms with Gasteiger partial charge in [0.1, 0.15) is 0 Å². The van der Waals surface area contributed by atoms with Gasteiger partial charge in [-0.25, -0.2) is 0 Å². The van der Waals surface area contributed by atoms with E-state index in [-0.39, 0.29) is 5.91 Å². The van der Waals surface area contributed by atoms with Crippen LogP contribution in [0.2, 0.25) is 5.02 Å². The van der Waals surface area contributed by atoms with Crippen LogP contribution in [0.15, 0.2) is 42.5 Å². The maximum Gasteiger partial charge on any atom is 0.216 e. The molecule has 1 N–H and O–H groups in total. The van der Waals surface area contributed by atoms with E-state index in [2.05, 4.69) is 40.2 Å². The van der Waals surface area contributed by atoms with Crippen LogP contribution in [0.25, 0.3) is 22.2 Å². The van der Waals surface area contributed by atoms with Gasteiger partial charge in [0.15, 0.2) is 0 Å². The van der Waals surface area contributed by atoms with Gasteiger partial charge in [-0.05, 0) is 35.7 Å². The summed E-state index contributed by atoms with van der Waals surface area (Å²) in [6.07, 6.45) is 0.799. The molecule has 0 bridgehead atoms. The molecule has 3 aromatic rings. The minimum Gasteiger partial charge on any atom is -0.356 e. The molecule has 0 fully saturated rings. The molecule has 4 heteroatoms. The topological polar surface area (TPSA) is 34.0 Å². The zero-order valence-electron chi connectivity index (χ0n) is 12.9. The van der Waals surface area contributed by atoms with Crippen LogP contribution in [0.4, 0.5) is 0 Å². The van der Waals surface area contributed by atoms with Crippen molar-refractivity contribution >= 4 is 28.4 Å². The number of fused-ring (bicyclic) bond motifs is 5. The first-order valence-electron chi connectivity index (χ1n) is 7.78. The summed E-state index contributed by atoms with van der Waals surface area (Å²) in [5.74, 6) is 0.00333. The number of carbonyl (C=O) groups excluding carboxylic acids is 1. The molecule has 2 heterocycles. The summed E-state index contributed by atoms with van der Waals surface area (Å²) in [4.78, 5) is 11.2. The highest BCUT2D eigenvalue weighted by Crippen LogP contribution is 2.41. The van der Waals surface area contributed by atoms with E-state index in [4.69, 9.17) is 11.6 Å². The SMILES string of the molecule is CC(=O)NCCc1c2n(c3ccc(Cl)cc13)Cc1ccccc1-2. The van der Waals surface area contributed by atoms with Crippen LogP contribution >= 0.6 is 11.6 Å². The first-order chi connectivity index (χ1) is 11.1. The molecular weight excluding hydrogens is 308 g/mol. The smallest absolute Gasteiger partial charge is 0.216 e. The van der Waals surface area contributed by atoms with E-state index in [1.54, 1.807) is 6.92 Å². The number of nitrogens with zero attached hydrogens (tertiary/aromatic N) is 1. The highest BCUT2D eigenvalue weighted by Gasteiger charge is 2.25. The lowest BCUT2D eigenvalue weighted by molar-refractivity contribution is -0.118. The van der Waals surface area contributed by atoms with Gasteiger partial charge in [0.2, 0.25) is 5.91 Å². The van der Waals surface area contributed by atoms with Gasteiger partial charge in [-0.1, -0.05) is 35.9 Å². The Balaban J connectivity index is 1.89. The van der Waals surface area contributed by atoms with E-state index in [1.165, 1.54) is 33.3 Å². The minimum absolute atomic E-state index is 0.00333. The first-order valence-corrected chi connectivity index (χ1v) is 8.16. The summed E-state index contributed by atoms with van der Waals surface area (Å²) in [7, 11) is 0. The second kappa shape index (κ2) is 5.43. The van der Waals surface area contributed by atoms with Gasteiger partial charge < -0.3 is 9.88 Å². The Bertz CT molecular complexity index is 927. The molecule has 0 radical (unpaired) electrons. The molecule has 2 aromatic carbocycles. The van der Waals surface area contributed by atoms with Gasteiger partial charge in [-0.2, -0.15) is 0 Å². The largest absolute Gasteiger partial charge is 0.356 e. The number of amides is 1. The second-order valence-corrected chi connectivity index (χ2v) is 6.40. The third kappa shape index (κ3) is 2.32. The molecule has 1 aliphatic heterocycles. The standard InChI is InChI=1S/C19H17ClN2O/c1-12(23)21-9-8-16-17-10-14(20)6-7-18(17)22-11-13-4-2-3-5-15(13)19(16)22/h2-7,10H,8-9,11H2,1H3,(H,21,23). The Kier molecular flexibility index (Phi) is 3.38. The Morgan fingerprint density at radius 2 is 2.09 bits per heavy atom. The van der Waals surface area contributed by atoms with E-state index in [0.29, 0.717) is 6.54 Å². The van der Waals surface area contributed by atoms with Crippen LogP contribution < -0.4 is 5.32 Å². The number of hydrogen-bond acceptors (Lipinski definition) is 1. The molecule has 23 heavy (non-hydrogen) atoms. The maximum absolute atomic E-state index is 11.2. The Hall–Kier alpha value is -2.26. The van der Waals surface area contributed by atoms with Gasteiger partial charge in [-0.15, -0.1) is 0 Å². The summed E-state index contributed by atoms with van der Waals surface area (Å²) in [6.45, 7) is 3.08. The lowest BCUT2D eigenvalue weighted by Gasteiger charge is -2.06. The summed E-state index contributed by atoms with van der Waals surface area (Å²) in [5, 5.41) is 4.83. The van der Waals surface area contributed by atoms with Crippen LogP contribution in [0, 0.1) is 0 Å². The van der Waals surface area contributed by atoms with Crippen LogP contribution in [-0.4, -0.2) is 17.0 Å². The van der Waals surface area contributed by atoms with Gasteiger partial charge in [-0.3, -0.25) is 4.79 Å². The van der Waals surface area contributed by atoms with E-state index in [9.17, 15) is 4.79 Å². The normalized spacial score (nSPS) is 12.3. The zero-order valence-corrected chi connectivity index (χ0v) is 13.7. The van der Waals surface area contributed by atoms with Crippen molar-refractivity contribution in [2.75, 3.05) is 6.54 Å². The Labute approximate surface area is 139 Å². The molecule has 3 nitrogen and oxygen atoms in total. The van der Waals surface area contributed by atoms with Crippen molar-refractivity contribution in [3.05, 3.63) is 58.6 Å². The minimum atomic E-state index is 0.00333. The molecule has 0 unspecified atom stereocenters. The first kappa shape index (κ1) is 14.3. The molecule has 1 aromatic heterocycles. The second-order valence-electron chi connectivity index (χ2n) is 5.96. The van der Waals surface area contributed by atoms with E-state index in [1.807, 2.05) is 12.1 Å². The fraction of sp³-hybridized carbons (Fsp3) is 0.211. The average Bonchev–Trinajstić information content (AvgIpc) is 3.02. The molecule has 1 aliphatic rings. The van der Waals surface area contributed by atoms with E-state index < -0.39 is 0 Å². The van der Waals surface area contributed by atoms with Crippen LogP contribution in [0.5, 0.6) is 0 Å². The molecule has 0 atom stereocenters. The summed E-state index contributed by atoms with van der Waals surface area (Å²) < 4.78 is 2.36. The predicted molar refractivity (Wildman–Crippen MR) is 93.9 cm³/mol. The van der Waals surface area contributed by atoms with E-state index in [0.717, 1.165) is 18.0 Å². The molecule has 0 saturated carbocycles. The van der Waals surface area contributed by atoms with E-state index >= 15 is 0 Å². The summed E-state index contributed by atoms with van der Waals surface area (Å²) in [5.41, 5.74) is 6.38. The van der Waals surface area contributed by atoms with Gasteiger partial charge in [0, 0.05) is 41.5 Å². The number of aromatic nitrogens is 1. The number of nitrogens with one attached hydrogen (secondary N) is 1. The number of carbonyl (C=O) groups is 1. The molecule has 0 saturated heterocycles. The van der Waals surface area contributed by atoms with Crippen molar-refractivity contribution in [1.29, 1.82) is 0 Å². The number of benzene rings is 2. The van der Waals surface area contributed by atoms with Crippen molar-refractivity contribution in [2.45, 2.75) is 19.9 Å². The highest BCUT2D eigenvalue weighted by molar-refractivity contribution is 6.31. The van der Waals surface area contributed by atoms with Crippen molar-refractivity contribution in [3.63, 3.8) is 0 Å². The molecule has 116 valence electrons. The lowest BCUT2D eigenvalue weighted by atomic mass is 10.0. The zero-order chi connectivity index (χ0) is 16.0. The fourth-order valence-corrected chi connectivity index (χ4v) is 3.72. The van der Waals surface area contributed by atoms with Gasteiger partial charge in [0.25, 0.3) is 0 Å². The number of rotatable bonds is 3. The third-order valence-electron chi connectivity index (χ3n) is 4.48. The van der Waals surface area contributed by atoms with Gasteiger partial charge in [0.05, 0.1) is 5.69 Å². The monoisotopic (exact) mass is 324 g/mol. The van der Waals surface area contributed by atoms with Crippen molar-refractivity contribution < 1.29 is 4.79 Å². The molecule has 1 amide bonds.